The Bertz CT molecular complexity index is 1480. The van der Waals surface area contributed by atoms with Crippen LogP contribution in [0.1, 0.15) is 16.8 Å². The number of fused-ring (bicyclic) bond motifs is 1. The molecule has 0 saturated carbocycles. The summed E-state index contributed by atoms with van der Waals surface area (Å²) in [5.41, 5.74) is 7.24. The predicted octanol–water partition coefficient (Wildman–Crippen LogP) is 5.02. The van der Waals surface area contributed by atoms with E-state index in [9.17, 15) is 5.26 Å². The lowest BCUT2D eigenvalue weighted by Crippen LogP contribution is -2.48. The van der Waals surface area contributed by atoms with Gasteiger partial charge in [0, 0.05) is 86.1 Å². The molecule has 2 aromatic carbocycles. The fourth-order valence-electron chi connectivity index (χ4n) is 5.32. The van der Waals surface area contributed by atoms with E-state index in [-0.39, 0.29) is 0 Å². The number of nitrogens with zero attached hydrogens (tertiary/aromatic N) is 5. The third-order valence-electron chi connectivity index (χ3n) is 7.80. The van der Waals surface area contributed by atoms with E-state index in [4.69, 9.17) is 4.74 Å². The van der Waals surface area contributed by atoms with Crippen molar-refractivity contribution in [2.75, 3.05) is 71.8 Å². The second-order valence-corrected chi connectivity index (χ2v) is 10.8. The van der Waals surface area contributed by atoms with Gasteiger partial charge in [0.15, 0.2) is 0 Å². The van der Waals surface area contributed by atoms with Crippen molar-refractivity contribution in [1.29, 1.82) is 5.26 Å². The highest BCUT2D eigenvalue weighted by molar-refractivity contribution is 5.92. The lowest BCUT2D eigenvalue weighted by molar-refractivity contribution is 0.112. The normalized spacial score (nSPS) is 14.5. The molecule has 2 aromatic heterocycles. The number of likely N-dealkylation sites (N-methyl/N-ethyl adjacent to an activating group) is 1. The molecule has 0 radical (unpaired) electrons. The number of rotatable bonds is 10. The van der Waals surface area contributed by atoms with Gasteiger partial charge in [0.2, 0.25) is 0 Å². The molecule has 5 rings (SSSR count). The van der Waals surface area contributed by atoms with Gasteiger partial charge >= 0.3 is 0 Å². The van der Waals surface area contributed by atoms with Gasteiger partial charge in [-0.25, -0.2) is 0 Å². The van der Waals surface area contributed by atoms with Crippen LogP contribution in [0.3, 0.4) is 0 Å². The first-order chi connectivity index (χ1) is 19.4. The third-order valence-corrected chi connectivity index (χ3v) is 7.80. The van der Waals surface area contributed by atoms with Crippen molar-refractivity contribution in [3.8, 4) is 22.9 Å². The number of piperazine rings is 1. The van der Waals surface area contributed by atoms with Crippen LogP contribution >= 0.6 is 0 Å². The Balaban J connectivity index is 1.25. The molecule has 0 aliphatic carbocycles. The number of benzene rings is 2. The number of H-pyrrole nitrogens is 1. The van der Waals surface area contributed by atoms with E-state index in [0.717, 1.165) is 96.2 Å². The summed E-state index contributed by atoms with van der Waals surface area (Å²) in [6.07, 6.45) is 3.59. The Morgan fingerprint density at radius 1 is 1.00 bits per heavy atom. The molecular formula is C32H39N7O. The van der Waals surface area contributed by atoms with Crippen LogP contribution in [0.2, 0.25) is 0 Å². The zero-order valence-corrected chi connectivity index (χ0v) is 24.0. The Hall–Kier alpha value is -3.90. The van der Waals surface area contributed by atoms with Gasteiger partial charge in [-0.15, -0.1) is 0 Å². The number of nitriles is 1. The minimum atomic E-state index is 0.510. The standard InChI is InChI=1S/C32H39N7O/c1-23-28-11-12-34-30(28)10-9-29(23)36-32-26(21-33)22-35-24(2)31(32)25-5-7-27(8-6-25)40-20-19-39-17-15-38(16-18-39)14-13-37(3)4/h5-12,22,34H,13-20H2,1-4H3,(H,35,36). The highest BCUT2D eigenvalue weighted by Gasteiger charge is 2.18. The van der Waals surface area contributed by atoms with E-state index < -0.39 is 0 Å². The maximum atomic E-state index is 9.92. The van der Waals surface area contributed by atoms with Gasteiger partial charge < -0.3 is 19.9 Å². The average Bonchev–Trinajstić information content (AvgIpc) is 3.45. The molecule has 0 atom stereocenters. The summed E-state index contributed by atoms with van der Waals surface area (Å²) in [5, 5.41) is 14.6. The summed E-state index contributed by atoms with van der Waals surface area (Å²) >= 11 is 0. The molecule has 0 spiro atoms. The molecule has 40 heavy (non-hydrogen) atoms. The minimum absolute atomic E-state index is 0.510. The van der Waals surface area contributed by atoms with E-state index >= 15 is 0 Å². The summed E-state index contributed by atoms with van der Waals surface area (Å²) < 4.78 is 6.11. The quantitative estimate of drug-likeness (QED) is 0.294. The summed E-state index contributed by atoms with van der Waals surface area (Å²) in [4.78, 5) is 15.1. The molecule has 208 valence electrons. The number of hydrogen-bond donors (Lipinski definition) is 2. The summed E-state index contributed by atoms with van der Waals surface area (Å²) in [7, 11) is 4.26. The van der Waals surface area contributed by atoms with Crippen LogP contribution in [0.15, 0.2) is 54.9 Å². The van der Waals surface area contributed by atoms with Crippen molar-refractivity contribution in [3.05, 3.63) is 71.7 Å². The van der Waals surface area contributed by atoms with Crippen LogP contribution in [0.5, 0.6) is 5.75 Å². The van der Waals surface area contributed by atoms with Crippen LogP contribution in [-0.4, -0.2) is 91.2 Å². The number of pyridine rings is 1. The minimum Gasteiger partial charge on any atom is -0.492 e. The fraction of sp³-hybridized carbons (Fsp3) is 0.375. The van der Waals surface area contributed by atoms with Crippen LogP contribution < -0.4 is 10.1 Å². The molecule has 2 N–H and O–H groups in total. The second-order valence-electron chi connectivity index (χ2n) is 10.8. The number of hydrogen-bond acceptors (Lipinski definition) is 7. The molecule has 1 aliphatic heterocycles. The van der Waals surface area contributed by atoms with Crippen molar-refractivity contribution < 1.29 is 4.74 Å². The molecular weight excluding hydrogens is 498 g/mol. The predicted molar refractivity (Wildman–Crippen MR) is 162 cm³/mol. The zero-order valence-electron chi connectivity index (χ0n) is 24.0. The Morgan fingerprint density at radius 3 is 2.42 bits per heavy atom. The highest BCUT2D eigenvalue weighted by Crippen LogP contribution is 2.37. The van der Waals surface area contributed by atoms with Gasteiger partial charge in [0.1, 0.15) is 18.4 Å². The first-order valence-electron chi connectivity index (χ1n) is 14.0. The summed E-state index contributed by atoms with van der Waals surface area (Å²) in [5.74, 6) is 0.846. The van der Waals surface area contributed by atoms with E-state index in [0.29, 0.717) is 12.2 Å². The Morgan fingerprint density at radius 2 is 1.73 bits per heavy atom. The number of aryl methyl sites for hydroxylation is 2. The van der Waals surface area contributed by atoms with Crippen LogP contribution in [-0.2, 0) is 0 Å². The Labute approximate surface area is 237 Å². The molecule has 0 bridgehead atoms. The maximum absolute atomic E-state index is 9.92. The largest absolute Gasteiger partial charge is 0.492 e. The monoisotopic (exact) mass is 537 g/mol. The molecule has 3 heterocycles. The highest BCUT2D eigenvalue weighted by atomic mass is 16.5. The zero-order chi connectivity index (χ0) is 28.1. The smallest absolute Gasteiger partial charge is 0.119 e. The maximum Gasteiger partial charge on any atom is 0.119 e. The van der Waals surface area contributed by atoms with Crippen molar-refractivity contribution in [1.82, 2.24) is 24.7 Å². The van der Waals surface area contributed by atoms with Crippen LogP contribution in [0.4, 0.5) is 11.4 Å². The van der Waals surface area contributed by atoms with E-state index in [2.05, 4.69) is 87.4 Å². The number of ether oxygens (including phenoxy) is 1. The molecule has 1 fully saturated rings. The topological polar surface area (TPSA) is 83.4 Å². The fourth-order valence-corrected chi connectivity index (χ4v) is 5.32. The first kappa shape index (κ1) is 27.7. The molecule has 1 aliphatic rings. The molecule has 0 unspecified atom stereocenters. The van der Waals surface area contributed by atoms with Gasteiger partial charge in [0.05, 0.1) is 11.3 Å². The van der Waals surface area contributed by atoms with Crippen LogP contribution in [0.25, 0.3) is 22.0 Å². The van der Waals surface area contributed by atoms with Gasteiger partial charge in [-0.3, -0.25) is 14.8 Å². The van der Waals surface area contributed by atoms with Gasteiger partial charge in [-0.1, -0.05) is 12.1 Å². The molecule has 8 heteroatoms. The first-order valence-corrected chi connectivity index (χ1v) is 14.0. The van der Waals surface area contributed by atoms with E-state index in [1.54, 1.807) is 6.20 Å². The lowest BCUT2D eigenvalue weighted by Gasteiger charge is -2.35. The Kier molecular flexibility index (Phi) is 8.66. The van der Waals surface area contributed by atoms with Gasteiger partial charge in [-0.2, -0.15) is 5.26 Å². The summed E-state index contributed by atoms with van der Waals surface area (Å²) in [6, 6.07) is 16.6. The van der Waals surface area contributed by atoms with Crippen molar-refractivity contribution in [2.24, 2.45) is 0 Å². The average molecular weight is 538 g/mol. The van der Waals surface area contributed by atoms with Crippen molar-refractivity contribution in [2.45, 2.75) is 13.8 Å². The van der Waals surface area contributed by atoms with Crippen molar-refractivity contribution in [3.63, 3.8) is 0 Å². The van der Waals surface area contributed by atoms with E-state index in [1.807, 2.05) is 25.3 Å². The van der Waals surface area contributed by atoms with Gasteiger partial charge in [0.25, 0.3) is 0 Å². The molecule has 0 amide bonds. The second kappa shape index (κ2) is 12.5. The van der Waals surface area contributed by atoms with Crippen molar-refractivity contribution >= 4 is 22.3 Å². The molecule has 1 saturated heterocycles. The van der Waals surface area contributed by atoms with Crippen LogP contribution in [0, 0.1) is 25.2 Å². The number of anilines is 2. The molecule has 8 nitrogen and oxygen atoms in total. The van der Waals surface area contributed by atoms with Gasteiger partial charge in [-0.05, 0) is 69.4 Å². The number of aromatic amines is 1. The lowest BCUT2D eigenvalue weighted by atomic mass is 9.99. The SMILES string of the molecule is Cc1ncc(C#N)c(Nc2ccc3[nH]ccc3c2C)c1-c1ccc(OCCN2CCN(CCN(C)C)CC2)cc1. The molecule has 4 aromatic rings. The number of nitrogens with one attached hydrogen (secondary N) is 2. The third kappa shape index (κ3) is 6.28. The van der Waals surface area contributed by atoms with E-state index in [1.165, 1.54) is 0 Å². The number of aromatic nitrogens is 2. The summed E-state index contributed by atoms with van der Waals surface area (Å²) in [6.45, 7) is 12.3.